The van der Waals surface area contributed by atoms with Gasteiger partial charge in [-0.3, -0.25) is 9.59 Å². The first-order valence-corrected chi connectivity index (χ1v) is 11.6. The molecule has 1 aliphatic heterocycles. The molecule has 2 aromatic carbocycles. The number of aryl methyl sites for hydroxylation is 1. The number of ether oxygens (including phenoxy) is 1. The number of furan rings is 1. The molecule has 4 rings (SSSR count). The maximum Gasteiger partial charge on any atom is 0.295 e. The molecule has 7 heteroatoms. The van der Waals surface area contributed by atoms with Gasteiger partial charge in [0.05, 0.1) is 12.2 Å². The van der Waals surface area contributed by atoms with Crippen molar-refractivity contribution in [1.29, 1.82) is 0 Å². The van der Waals surface area contributed by atoms with Gasteiger partial charge in [-0.05, 0) is 61.2 Å². The number of aliphatic hydroxyl groups is 1. The molecule has 3 aromatic rings. The number of carbonyl (C=O) groups excluding carboxylic acids is 2. The Morgan fingerprint density at radius 1 is 1.11 bits per heavy atom. The molecule has 1 saturated heterocycles. The molecular weight excluding hydrogens is 449 g/mol. The minimum Gasteiger partial charge on any atom is -0.507 e. The van der Waals surface area contributed by atoms with E-state index in [4.69, 9.17) is 9.15 Å². The van der Waals surface area contributed by atoms with E-state index in [0.717, 1.165) is 5.56 Å². The smallest absolute Gasteiger partial charge is 0.295 e. The van der Waals surface area contributed by atoms with Crippen molar-refractivity contribution >= 4 is 17.4 Å². The van der Waals surface area contributed by atoms with Gasteiger partial charge in [-0.2, -0.15) is 0 Å². The molecule has 182 valence electrons. The van der Waals surface area contributed by atoms with E-state index in [1.54, 1.807) is 55.5 Å². The number of amides is 1. The lowest BCUT2D eigenvalue weighted by atomic mass is 9.99. The van der Waals surface area contributed by atoms with E-state index in [2.05, 4.69) is 0 Å². The van der Waals surface area contributed by atoms with Crippen LogP contribution in [0.15, 0.2) is 70.7 Å². The monoisotopic (exact) mass is 477 g/mol. The van der Waals surface area contributed by atoms with Crippen molar-refractivity contribution in [2.45, 2.75) is 33.2 Å². The highest BCUT2D eigenvalue weighted by molar-refractivity contribution is 6.46. The number of hydrogen-bond donors (Lipinski definition) is 1. The third-order valence-electron chi connectivity index (χ3n) is 5.82. The van der Waals surface area contributed by atoms with Gasteiger partial charge in [0.15, 0.2) is 0 Å². The number of Topliss-reactive ketones (excluding diaryl/α,β-unsaturated/α-hetero) is 1. The lowest BCUT2D eigenvalue weighted by molar-refractivity contribution is -0.140. The third kappa shape index (κ3) is 5.29. The molecule has 0 bridgehead atoms. The molecule has 1 atom stereocenters. The Bertz CT molecular complexity index is 1260. The summed E-state index contributed by atoms with van der Waals surface area (Å²) in [7, 11) is 0. The Labute approximate surface area is 203 Å². The molecule has 1 N–H and O–H groups in total. The number of hydrogen-bond acceptors (Lipinski definition) is 5. The largest absolute Gasteiger partial charge is 0.507 e. The standard InChI is InChI=1S/C28H28FNO5/c1-17(2)16-34-22-6-4-5-20(15-22)26(31)24-25(23-12-7-18(3)35-23)30(28(33)27(24)32)14-13-19-8-10-21(29)11-9-19/h4-12,15,17,25,31H,13-14,16H2,1-3H3/b26-24-. The van der Waals surface area contributed by atoms with E-state index in [1.165, 1.54) is 17.0 Å². The number of aliphatic hydroxyl groups excluding tert-OH is 1. The topological polar surface area (TPSA) is 80.0 Å². The SMILES string of the molecule is Cc1ccc(C2/C(=C(/O)c3cccc(OCC(C)C)c3)C(=O)C(=O)N2CCc2ccc(F)cc2)o1. The molecule has 0 saturated carbocycles. The summed E-state index contributed by atoms with van der Waals surface area (Å²) in [6, 6.07) is 15.3. The number of halogens is 1. The van der Waals surface area contributed by atoms with Gasteiger partial charge in [-0.1, -0.05) is 38.1 Å². The Kier molecular flexibility index (Phi) is 7.05. The molecule has 1 aliphatic rings. The average Bonchev–Trinajstić information content (AvgIpc) is 3.38. The predicted octanol–water partition coefficient (Wildman–Crippen LogP) is 5.43. The second-order valence-corrected chi connectivity index (χ2v) is 9.05. The van der Waals surface area contributed by atoms with Crippen LogP contribution in [0.1, 0.15) is 42.5 Å². The van der Waals surface area contributed by atoms with Gasteiger partial charge < -0.3 is 19.2 Å². The second kappa shape index (κ2) is 10.2. The summed E-state index contributed by atoms with van der Waals surface area (Å²) >= 11 is 0. The first-order valence-electron chi connectivity index (χ1n) is 11.6. The van der Waals surface area contributed by atoms with E-state index < -0.39 is 17.7 Å². The van der Waals surface area contributed by atoms with Crippen LogP contribution in [0.25, 0.3) is 5.76 Å². The highest BCUT2D eigenvalue weighted by Crippen LogP contribution is 2.40. The predicted molar refractivity (Wildman–Crippen MR) is 129 cm³/mol. The van der Waals surface area contributed by atoms with Gasteiger partial charge in [0.2, 0.25) is 0 Å². The van der Waals surface area contributed by atoms with Crippen LogP contribution in [0.2, 0.25) is 0 Å². The van der Waals surface area contributed by atoms with E-state index in [9.17, 15) is 19.1 Å². The van der Waals surface area contributed by atoms with E-state index in [1.807, 2.05) is 13.8 Å². The first kappa shape index (κ1) is 24.3. The fourth-order valence-corrected chi connectivity index (χ4v) is 4.06. The summed E-state index contributed by atoms with van der Waals surface area (Å²) < 4.78 is 24.8. The Morgan fingerprint density at radius 2 is 1.86 bits per heavy atom. The summed E-state index contributed by atoms with van der Waals surface area (Å²) in [5.74, 6) is -0.266. The molecule has 0 aliphatic carbocycles. The van der Waals surface area contributed by atoms with E-state index in [-0.39, 0.29) is 23.7 Å². The lowest BCUT2D eigenvalue weighted by Gasteiger charge is -2.23. The van der Waals surface area contributed by atoms with Gasteiger partial charge in [-0.15, -0.1) is 0 Å². The van der Waals surface area contributed by atoms with Gasteiger partial charge in [0.1, 0.15) is 34.9 Å². The molecule has 1 amide bonds. The zero-order chi connectivity index (χ0) is 25.1. The normalized spacial score (nSPS) is 17.4. The first-order chi connectivity index (χ1) is 16.7. The zero-order valence-electron chi connectivity index (χ0n) is 20.0. The molecule has 0 spiro atoms. The number of benzene rings is 2. The van der Waals surface area contributed by atoms with E-state index >= 15 is 0 Å². The molecular formula is C28H28FNO5. The van der Waals surface area contributed by atoms with Crippen LogP contribution in [0.3, 0.4) is 0 Å². The van der Waals surface area contributed by atoms with Crippen LogP contribution < -0.4 is 4.74 Å². The van der Waals surface area contributed by atoms with Crippen LogP contribution in [0.5, 0.6) is 5.75 Å². The number of nitrogens with zero attached hydrogens (tertiary/aromatic N) is 1. The van der Waals surface area contributed by atoms with Crippen LogP contribution >= 0.6 is 0 Å². The highest BCUT2D eigenvalue weighted by Gasteiger charge is 2.47. The molecule has 6 nitrogen and oxygen atoms in total. The minimum absolute atomic E-state index is 0.0375. The fourth-order valence-electron chi connectivity index (χ4n) is 4.06. The lowest BCUT2D eigenvalue weighted by Crippen LogP contribution is -2.31. The number of ketones is 1. The summed E-state index contributed by atoms with van der Waals surface area (Å²) in [5, 5.41) is 11.2. The van der Waals surface area contributed by atoms with Crippen LogP contribution in [0.4, 0.5) is 4.39 Å². The Morgan fingerprint density at radius 3 is 2.51 bits per heavy atom. The molecule has 1 unspecified atom stereocenters. The Balaban J connectivity index is 1.71. The molecule has 0 radical (unpaired) electrons. The molecule has 1 aromatic heterocycles. The average molecular weight is 478 g/mol. The van der Waals surface area contributed by atoms with Crippen LogP contribution in [-0.2, 0) is 16.0 Å². The van der Waals surface area contributed by atoms with E-state index in [0.29, 0.717) is 41.8 Å². The fraction of sp³-hybridized carbons (Fsp3) is 0.286. The maximum absolute atomic E-state index is 13.3. The van der Waals surface area contributed by atoms with Crippen molar-refractivity contribution in [1.82, 2.24) is 4.90 Å². The summed E-state index contributed by atoms with van der Waals surface area (Å²) in [5.41, 5.74) is 1.15. The number of carbonyl (C=O) groups is 2. The number of rotatable bonds is 8. The minimum atomic E-state index is -0.885. The summed E-state index contributed by atoms with van der Waals surface area (Å²) in [6.45, 7) is 6.52. The number of likely N-dealkylation sites (tertiary alicyclic amines) is 1. The highest BCUT2D eigenvalue weighted by atomic mass is 19.1. The van der Waals surface area contributed by atoms with Crippen molar-refractivity contribution < 1.29 is 28.2 Å². The molecule has 35 heavy (non-hydrogen) atoms. The van der Waals surface area contributed by atoms with Crippen molar-refractivity contribution in [2.75, 3.05) is 13.2 Å². The van der Waals surface area contributed by atoms with Crippen molar-refractivity contribution in [2.24, 2.45) is 5.92 Å². The molecule has 2 heterocycles. The van der Waals surface area contributed by atoms with Crippen molar-refractivity contribution in [3.05, 3.63) is 94.7 Å². The van der Waals surface area contributed by atoms with Crippen LogP contribution in [0, 0.1) is 18.7 Å². The van der Waals surface area contributed by atoms with Gasteiger partial charge in [0, 0.05) is 12.1 Å². The zero-order valence-corrected chi connectivity index (χ0v) is 20.0. The maximum atomic E-state index is 13.3. The van der Waals surface area contributed by atoms with Crippen LogP contribution in [-0.4, -0.2) is 34.8 Å². The Hall–Kier alpha value is -3.87. The molecule has 1 fully saturated rings. The summed E-state index contributed by atoms with van der Waals surface area (Å²) in [4.78, 5) is 27.6. The third-order valence-corrected chi connectivity index (χ3v) is 5.82. The van der Waals surface area contributed by atoms with Crippen molar-refractivity contribution in [3.63, 3.8) is 0 Å². The summed E-state index contributed by atoms with van der Waals surface area (Å²) in [6.07, 6.45) is 0.405. The van der Waals surface area contributed by atoms with Crippen molar-refractivity contribution in [3.8, 4) is 5.75 Å². The second-order valence-electron chi connectivity index (χ2n) is 9.05. The van der Waals surface area contributed by atoms with Gasteiger partial charge >= 0.3 is 0 Å². The van der Waals surface area contributed by atoms with Gasteiger partial charge in [-0.25, -0.2) is 4.39 Å². The quantitative estimate of drug-likeness (QED) is 0.266. The van der Waals surface area contributed by atoms with Gasteiger partial charge in [0.25, 0.3) is 11.7 Å².